The molecule has 0 unspecified atom stereocenters. The van der Waals surface area contributed by atoms with Gasteiger partial charge in [-0.3, -0.25) is 0 Å². The van der Waals surface area contributed by atoms with Gasteiger partial charge in [0.25, 0.3) is 0 Å². The summed E-state index contributed by atoms with van der Waals surface area (Å²) in [6.07, 6.45) is 5.63. The van der Waals surface area contributed by atoms with Gasteiger partial charge in [0.1, 0.15) is 12.4 Å². The molecule has 0 bridgehead atoms. The minimum atomic E-state index is -0.349. The summed E-state index contributed by atoms with van der Waals surface area (Å²) in [7, 11) is 1.38. The molecule has 38 heavy (non-hydrogen) atoms. The molecule has 0 N–H and O–H groups in total. The lowest BCUT2D eigenvalue weighted by molar-refractivity contribution is 0.00228. The van der Waals surface area contributed by atoms with Gasteiger partial charge < -0.3 is 24.0 Å². The van der Waals surface area contributed by atoms with Crippen molar-refractivity contribution in [1.82, 2.24) is 9.80 Å². The number of ether oxygens (including phenoxy) is 3. The molecule has 2 aromatic rings. The molecule has 1 aliphatic carbocycles. The standard InChI is InChI=1S/C30H37BrN2O5/c1-36-29(34)25-7-8-28(27(31)16-25)38-26-14-23(15-26)17-32-18-24(19-32)13-21-9-11-33(12-10-21)30(35)37-20-22-5-3-2-4-6-22/h2-8,16,21,23-24,26H,9-15,17-20H2,1H3. The van der Waals surface area contributed by atoms with Gasteiger partial charge in [0, 0.05) is 32.7 Å². The van der Waals surface area contributed by atoms with Crippen molar-refractivity contribution in [3.8, 4) is 5.75 Å². The number of piperidine rings is 1. The van der Waals surface area contributed by atoms with E-state index in [1.54, 1.807) is 12.1 Å². The monoisotopic (exact) mass is 584 g/mol. The summed E-state index contributed by atoms with van der Waals surface area (Å²) in [5.41, 5.74) is 1.53. The molecule has 5 rings (SSSR count). The number of halogens is 1. The summed E-state index contributed by atoms with van der Waals surface area (Å²) in [5.74, 6) is 2.62. The highest BCUT2D eigenvalue weighted by molar-refractivity contribution is 9.10. The fourth-order valence-corrected chi connectivity index (χ4v) is 6.39. The van der Waals surface area contributed by atoms with Crippen LogP contribution in [0.15, 0.2) is 53.0 Å². The Kier molecular flexibility index (Phi) is 8.89. The second-order valence-corrected chi connectivity index (χ2v) is 11.9. The number of amides is 1. The molecule has 3 fully saturated rings. The van der Waals surface area contributed by atoms with E-state index in [-0.39, 0.29) is 18.2 Å². The van der Waals surface area contributed by atoms with Crippen LogP contribution < -0.4 is 4.74 Å². The van der Waals surface area contributed by atoms with Crippen LogP contribution in [0, 0.1) is 17.8 Å². The largest absolute Gasteiger partial charge is 0.489 e. The van der Waals surface area contributed by atoms with Crippen molar-refractivity contribution < 1.29 is 23.8 Å². The molecule has 0 radical (unpaired) electrons. The Morgan fingerprint density at radius 3 is 2.39 bits per heavy atom. The molecule has 8 heteroatoms. The summed E-state index contributed by atoms with van der Waals surface area (Å²) < 4.78 is 17.2. The van der Waals surface area contributed by atoms with Gasteiger partial charge in [-0.2, -0.15) is 0 Å². The molecule has 2 heterocycles. The van der Waals surface area contributed by atoms with E-state index in [9.17, 15) is 9.59 Å². The molecule has 2 aromatic carbocycles. The van der Waals surface area contributed by atoms with Crippen LogP contribution >= 0.6 is 15.9 Å². The highest BCUT2D eigenvalue weighted by Gasteiger charge is 2.37. The molecule has 0 spiro atoms. The van der Waals surface area contributed by atoms with Crippen LogP contribution in [0.4, 0.5) is 4.79 Å². The maximum Gasteiger partial charge on any atom is 0.410 e. The summed E-state index contributed by atoms with van der Waals surface area (Å²) in [6.45, 7) is 5.50. The van der Waals surface area contributed by atoms with Crippen LogP contribution in [-0.2, 0) is 16.1 Å². The topological polar surface area (TPSA) is 68.3 Å². The number of esters is 1. The van der Waals surface area contributed by atoms with E-state index in [0.717, 1.165) is 67.0 Å². The van der Waals surface area contributed by atoms with Gasteiger partial charge in [-0.25, -0.2) is 9.59 Å². The molecule has 204 valence electrons. The first-order valence-corrected chi connectivity index (χ1v) is 14.5. The fourth-order valence-electron chi connectivity index (χ4n) is 5.91. The lowest BCUT2D eigenvalue weighted by Crippen LogP contribution is -2.52. The molecule has 1 amide bonds. The van der Waals surface area contributed by atoms with E-state index in [2.05, 4.69) is 20.8 Å². The van der Waals surface area contributed by atoms with Crippen LogP contribution in [0.25, 0.3) is 0 Å². The van der Waals surface area contributed by atoms with Gasteiger partial charge in [-0.05, 0) is 89.6 Å². The van der Waals surface area contributed by atoms with Gasteiger partial charge in [-0.15, -0.1) is 0 Å². The summed E-state index contributed by atoms with van der Waals surface area (Å²) in [4.78, 5) is 28.5. The summed E-state index contributed by atoms with van der Waals surface area (Å²) in [6, 6.07) is 15.2. The lowest BCUT2D eigenvalue weighted by Gasteiger charge is -2.46. The van der Waals surface area contributed by atoms with Crippen LogP contribution in [0.3, 0.4) is 0 Å². The zero-order chi connectivity index (χ0) is 26.5. The van der Waals surface area contributed by atoms with Gasteiger partial charge in [0.05, 0.1) is 23.2 Å². The van der Waals surface area contributed by atoms with Crippen molar-refractivity contribution >= 4 is 28.0 Å². The number of benzene rings is 2. The van der Waals surface area contributed by atoms with Crippen molar-refractivity contribution in [3.05, 3.63) is 64.1 Å². The number of hydrogen-bond acceptors (Lipinski definition) is 6. The number of rotatable bonds is 9. The zero-order valence-corrected chi connectivity index (χ0v) is 23.6. The third kappa shape index (κ3) is 6.89. The van der Waals surface area contributed by atoms with E-state index in [0.29, 0.717) is 24.0 Å². The Balaban J connectivity index is 0.933. The van der Waals surface area contributed by atoms with E-state index in [4.69, 9.17) is 14.2 Å². The third-order valence-electron chi connectivity index (χ3n) is 8.13. The van der Waals surface area contributed by atoms with Crippen molar-refractivity contribution in [3.63, 3.8) is 0 Å². The highest BCUT2D eigenvalue weighted by atomic mass is 79.9. The Morgan fingerprint density at radius 2 is 1.71 bits per heavy atom. The lowest BCUT2D eigenvalue weighted by atomic mass is 9.79. The van der Waals surface area contributed by atoms with Crippen LogP contribution in [0.1, 0.15) is 48.0 Å². The first kappa shape index (κ1) is 27.0. The Bertz CT molecular complexity index is 1090. The number of methoxy groups -OCH3 is 1. The van der Waals surface area contributed by atoms with Gasteiger partial charge in [0.15, 0.2) is 0 Å². The summed E-state index contributed by atoms with van der Waals surface area (Å²) in [5, 5.41) is 0. The minimum absolute atomic E-state index is 0.185. The normalized spacial score (nSPS) is 22.3. The second kappa shape index (κ2) is 12.5. The zero-order valence-electron chi connectivity index (χ0n) is 22.0. The Morgan fingerprint density at radius 1 is 0.974 bits per heavy atom. The Labute approximate surface area is 233 Å². The fraction of sp³-hybridized carbons (Fsp3) is 0.533. The molecule has 0 atom stereocenters. The molecular formula is C30H37BrN2O5. The SMILES string of the molecule is COC(=O)c1ccc(OC2CC(CN3CC(CC4CCN(C(=O)OCc5ccccc5)CC4)C3)C2)c(Br)c1. The van der Waals surface area contributed by atoms with Crippen molar-refractivity contribution in [2.24, 2.45) is 17.8 Å². The first-order valence-electron chi connectivity index (χ1n) is 13.7. The molecule has 0 aromatic heterocycles. The quantitative estimate of drug-likeness (QED) is 0.349. The van der Waals surface area contributed by atoms with E-state index < -0.39 is 0 Å². The van der Waals surface area contributed by atoms with Crippen LogP contribution in [0.2, 0.25) is 0 Å². The first-order chi connectivity index (χ1) is 18.5. The van der Waals surface area contributed by atoms with Gasteiger partial charge in [0.2, 0.25) is 0 Å². The highest BCUT2D eigenvalue weighted by Crippen LogP contribution is 2.37. The molecule has 1 saturated carbocycles. The molecular weight excluding hydrogens is 548 g/mol. The number of carbonyl (C=O) groups is 2. The molecule has 2 aliphatic heterocycles. The van der Waals surface area contributed by atoms with Crippen LogP contribution in [-0.4, -0.2) is 67.8 Å². The van der Waals surface area contributed by atoms with E-state index >= 15 is 0 Å². The van der Waals surface area contributed by atoms with Crippen LogP contribution in [0.5, 0.6) is 5.75 Å². The number of hydrogen-bond donors (Lipinski definition) is 0. The van der Waals surface area contributed by atoms with Crippen molar-refractivity contribution in [2.45, 2.75) is 44.8 Å². The van der Waals surface area contributed by atoms with Gasteiger partial charge >= 0.3 is 12.1 Å². The summed E-state index contributed by atoms with van der Waals surface area (Å²) >= 11 is 3.51. The number of nitrogens with zero attached hydrogens (tertiary/aromatic N) is 2. The van der Waals surface area contributed by atoms with Crippen molar-refractivity contribution in [2.75, 3.05) is 39.8 Å². The van der Waals surface area contributed by atoms with Gasteiger partial charge in [-0.1, -0.05) is 30.3 Å². The average Bonchev–Trinajstić information content (AvgIpc) is 2.90. The Hall–Kier alpha value is -2.58. The maximum atomic E-state index is 12.4. The van der Waals surface area contributed by atoms with E-state index in [1.807, 2.05) is 41.3 Å². The number of likely N-dealkylation sites (tertiary alicyclic amines) is 2. The minimum Gasteiger partial charge on any atom is -0.489 e. The smallest absolute Gasteiger partial charge is 0.410 e. The van der Waals surface area contributed by atoms with Crippen molar-refractivity contribution in [1.29, 1.82) is 0 Å². The molecule has 3 aliphatic rings. The maximum absolute atomic E-state index is 12.4. The third-order valence-corrected chi connectivity index (χ3v) is 8.75. The average molecular weight is 586 g/mol. The predicted octanol–water partition coefficient (Wildman–Crippen LogP) is 5.76. The number of carbonyl (C=O) groups excluding carboxylic acids is 2. The van der Waals surface area contributed by atoms with E-state index in [1.165, 1.54) is 26.6 Å². The molecule has 2 saturated heterocycles. The predicted molar refractivity (Wildman–Crippen MR) is 148 cm³/mol. The second-order valence-electron chi connectivity index (χ2n) is 11.0. The molecule has 7 nitrogen and oxygen atoms in total.